The molecule has 1 N–H and O–H groups in total. The molecule has 0 bridgehead atoms. The fourth-order valence-electron chi connectivity index (χ4n) is 2.35. The molecule has 104 valence electrons. The highest BCUT2D eigenvalue weighted by Gasteiger charge is 2.22. The van der Waals surface area contributed by atoms with E-state index in [2.05, 4.69) is 11.4 Å². The number of benzene rings is 2. The molecule has 0 saturated carbocycles. The zero-order valence-corrected chi connectivity index (χ0v) is 12.1. The lowest BCUT2D eigenvalue weighted by atomic mass is 10.0. The summed E-state index contributed by atoms with van der Waals surface area (Å²) < 4.78 is 26.9. The van der Waals surface area contributed by atoms with Gasteiger partial charge in [-0.25, -0.2) is 8.78 Å². The van der Waals surface area contributed by atoms with Crippen molar-refractivity contribution in [3.8, 4) is 0 Å². The Balaban J connectivity index is 1.94. The lowest BCUT2D eigenvalue weighted by Crippen LogP contribution is -2.17. The maximum atomic E-state index is 13.9. The summed E-state index contributed by atoms with van der Waals surface area (Å²) in [6.07, 6.45) is 0.870. The van der Waals surface area contributed by atoms with Crippen molar-refractivity contribution in [3.63, 3.8) is 0 Å². The fraction of sp³-hybridized carbons (Fsp3) is 0.200. The fourth-order valence-corrected chi connectivity index (χ4v) is 3.72. The molecule has 0 amide bonds. The molecule has 3 rings (SSSR count). The van der Waals surface area contributed by atoms with Crippen LogP contribution in [0.5, 0.6) is 0 Å². The van der Waals surface area contributed by atoms with Crippen LogP contribution in [0, 0.1) is 11.6 Å². The second-order valence-corrected chi connectivity index (χ2v) is 6.16. The van der Waals surface area contributed by atoms with E-state index in [4.69, 9.17) is 11.6 Å². The number of halogens is 3. The summed E-state index contributed by atoms with van der Waals surface area (Å²) in [5, 5.41) is 3.18. The molecule has 0 aliphatic carbocycles. The minimum Gasteiger partial charge on any atom is -0.375 e. The van der Waals surface area contributed by atoms with Crippen LogP contribution in [-0.4, -0.2) is 5.75 Å². The smallest absolute Gasteiger partial charge is 0.150 e. The highest BCUT2D eigenvalue weighted by molar-refractivity contribution is 7.99. The van der Waals surface area contributed by atoms with E-state index in [1.165, 1.54) is 4.90 Å². The molecule has 1 unspecified atom stereocenters. The summed E-state index contributed by atoms with van der Waals surface area (Å²) in [5.41, 5.74) is 1.29. The van der Waals surface area contributed by atoms with Crippen LogP contribution < -0.4 is 5.32 Å². The molecular weight excluding hydrogens is 300 g/mol. The quantitative estimate of drug-likeness (QED) is 0.811. The van der Waals surface area contributed by atoms with Gasteiger partial charge in [-0.2, -0.15) is 0 Å². The van der Waals surface area contributed by atoms with Crippen LogP contribution in [0.2, 0.25) is 5.02 Å². The molecule has 1 aliphatic heterocycles. The standard InChI is InChI=1S/C15H12ClF2NS/c16-11-7-9(17)8-12(18)15(11)19-13-5-6-20-14-4-2-1-3-10(13)14/h1-4,7-8,13,19H,5-6H2. The molecule has 1 atom stereocenters. The number of anilines is 1. The van der Waals surface area contributed by atoms with Crippen molar-refractivity contribution in [1.29, 1.82) is 0 Å². The van der Waals surface area contributed by atoms with Crippen LogP contribution in [0.1, 0.15) is 18.0 Å². The number of rotatable bonds is 2. The largest absolute Gasteiger partial charge is 0.375 e. The van der Waals surface area contributed by atoms with Crippen LogP contribution >= 0.6 is 23.4 Å². The van der Waals surface area contributed by atoms with E-state index in [9.17, 15) is 8.78 Å². The topological polar surface area (TPSA) is 12.0 Å². The lowest BCUT2D eigenvalue weighted by molar-refractivity contribution is 0.582. The van der Waals surface area contributed by atoms with Crippen molar-refractivity contribution < 1.29 is 8.78 Å². The first kappa shape index (κ1) is 13.7. The summed E-state index contributed by atoms with van der Waals surface area (Å²) in [6.45, 7) is 0. The third kappa shape index (κ3) is 2.63. The molecular formula is C15H12ClF2NS. The molecule has 0 fully saturated rings. The Bertz CT molecular complexity index is 625. The average Bonchev–Trinajstić information content (AvgIpc) is 2.43. The van der Waals surface area contributed by atoms with Crippen molar-refractivity contribution in [2.24, 2.45) is 0 Å². The summed E-state index contributed by atoms with van der Waals surface area (Å²) >= 11 is 7.72. The monoisotopic (exact) mass is 311 g/mol. The third-order valence-electron chi connectivity index (χ3n) is 3.28. The summed E-state index contributed by atoms with van der Waals surface area (Å²) in [6, 6.07) is 9.98. The zero-order valence-electron chi connectivity index (χ0n) is 10.5. The Morgan fingerprint density at radius 1 is 1.20 bits per heavy atom. The van der Waals surface area contributed by atoms with Gasteiger partial charge in [0.25, 0.3) is 0 Å². The Morgan fingerprint density at radius 2 is 2.00 bits per heavy atom. The highest BCUT2D eigenvalue weighted by Crippen LogP contribution is 2.39. The Morgan fingerprint density at radius 3 is 2.80 bits per heavy atom. The Hall–Kier alpha value is -1.26. The molecule has 20 heavy (non-hydrogen) atoms. The molecule has 1 nitrogen and oxygen atoms in total. The molecule has 2 aromatic rings. The van der Waals surface area contributed by atoms with Crippen LogP contribution in [0.25, 0.3) is 0 Å². The second-order valence-electron chi connectivity index (χ2n) is 4.62. The number of hydrogen-bond donors (Lipinski definition) is 1. The third-order valence-corrected chi connectivity index (χ3v) is 4.70. The predicted molar refractivity (Wildman–Crippen MR) is 79.5 cm³/mol. The van der Waals surface area contributed by atoms with E-state index in [1.807, 2.05) is 18.2 Å². The van der Waals surface area contributed by atoms with E-state index in [-0.39, 0.29) is 16.8 Å². The molecule has 2 aromatic carbocycles. The first-order valence-electron chi connectivity index (χ1n) is 6.28. The van der Waals surface area contributed by atoms with Crippen LogP contribution in [0.4, 0.5) is 14.5 Å². The van der Waals surface area contributed by atoms with Crippen molar-refractivity contribution in [3.05, 3.63) is 58.6 Å². The molecule has 5 heteroatoms. The zero-order chi connectivity index (χ0) is 14.1. The van der Waals surface area contributed by atoms with Crippen molar-refractivity contribution >= 4 is 29.1 Å². The first-order chi connectivity index (χ1) is 9.65. The van der Waals surface area contributed by atoms with Crippen molar-refractivity contribution in [1.82, 2.24) is 0 Å². The van der Waals surface area contributed by atoms with Gasteiger partial charge in [-0.1, -0.05) is 29.8 Å². The van der Waals surface area contributed by atoms with E-state index in [0.717, 1.165) is 29.9 Å². The summed E-state index contributed by atoms with van der Waals surface area (Å²) in [4.78, 5) is 1.19. The van der Waals surface area contributed by atoms with Gasteiger partial charge in [-0.05, 0) is 24.1 Å². The van der Waals surface area contributed by atoms with Crippen LogP contribution in [-0.2, 0) is 0 Å². The van der Waals surface area contributed by atoms with Gasteiger partial charge in [0.05, 0.1) is 16.8 Å². The molecule has 0 spiro atoms. The summed E-state index contributed by atoms with van der Waals surface area (Å²) in [5.74, 6) is -0.377. The van der Waals surface area contributed by atoms with E-state index in [1.54, 1.807) is 11.8 Å². The number of fused-ring (bicyclic) bond motifs is 1. The molecule has 1 aliphatic rings. The number of nitrogens with one attached hydrogen (secondary N) is 1. The second kappa shape index (κ2) is 5.62. The van der Waals surface area contributed by atoms with Gasteiger partial charge in [0.2, 0.25) is 0 Å². The van der Waals surface area contributed by atoms with Crippen molar-refractivity contribution in [2.45, 2.75) is 17.4 Å². The molecule has 0 aromatic heterocycles. The van der Waals surface area contributed by atoms with Crippen molar-refractivity contribution in [2.75, 3.05) is 11.1 Å². The molecule has 0 radical (unpaired) electrons. The predicted octanol–water partition coefficient (Wildman–Crippen LogP) is 5.27. The minimum atomic E-state index is -0.669. The average molecular weight is 312 g/mol. The minimum absolute atomic E-state index is 0.00934. The van der Waals surface area contributed by atoms with E-state index in [0.29, 0.717) is 0 Å². The van der Waals surface area contributed by atoms with Gasteiger partial charge in [-0.15, -0.1) is 11.8 Å². The Kier molecular flexibility index (Phi) is 3.85. The van der Waals surface area contributed by atoms with Gasteiger partial charge < -0.3 is 5.32 Å². The SMILES string of the molecule is Fc1cc(F)c(NC2CCSc3ccccc32)c(Cl)c1. The van der Waals surface area contributed by atoms with Gasteiger partial charge in [0.15, 0.2) is 5.82 Å². The molecule has 0 saturated heterocycles. The highest BCUT2D eigenvalue weighted by atomic mass is 35.5. The van der Waals surface area contributed by atoms with Crippen LogP contribution in [0.3, 0.4) is 0 Å². The van der Waals surface area contributed by atoms with E-state index < -0.39 is 11.6 Å². The normalized spacial score (nSPS) is 17.6. The summed E-state index contributed by atoms with van der Waals surface area (Å²) in [7, 11) is 0. The first-order valence-corrected chi connectivity index (χ1v) is 7.64. The number of hydrogen-bond acceptors (Lipinski definition) is 2. The van der Waals surface area contributed by atoms with Gasteiger partial charge >= 0.3 is 0 Å². The molecule has 1 heterocycles. The lowest BCUT2D eigenvalue weighted by Gasteiger charge is -2.27. The maximum Gasteiger partial charge on any atom is 0.150 e. The maximum absolute atomic E-state index is 13.9. The van der Waals surface area contributed by atoms with Gasteiger partial charge in [0.1, 0.15) is 5.82 Å². The number of thioether (sulfide) groups is 1. The van der Waals surface area contributed by atoms with Gasteiger partial charge in [0, 0.05) is 16.7 Å². The van der Waals surface area contributed by atoms with Crippen LogP contribution in [0.15, 0.2) is 41.3 Å². The Labute approximate surface area is 125 Å². The van der Waals surface area contributed by atoms with E-state index >= 15 is 0 Å². The van der Waals surface area contributed by atoms with Gasteiger partial charge in [-0.3, -0.25) is 0 Å².